The van der Waals surface area contributed by atoms with Crippen molar-refractivity contribution in [1.82, 2.24) is 5.32 Å². The molecule has 0 fully saturated rings. The first kappa shape index (κ1) is 21.7. The number of carbonyl (C=O) groups excluding carboxylic acids is 1. The summed E-state index contributed by atoms with van der Waals surface area (Å²) in [4.78, 5) is 11.8. The van der Waals surface area contributed by atoms with Gasteiger partial charge in [0.25, 0.3) is 0 Å². The summed E-state index contributed by atoms with van der Waals surface area (Å²) in [6, 6.07) is 7.28. The van der Waals surface area contributed by atoms with Crippen LogP contribution in [0.25, 0.3) is 0 Å². The van der Waals surface area contributed by atoms with Gasteiger partial charge in [-0.15, -0.1) is 12.4 Å². The van der Waals surface area contributed by atoms with Gasteiger partial charge in [-0.3, -0.25) is 4.79 Å². The Balaban J connectivity index is 0.00000484. The van der Waals surface area contributed by atoms with E-state index in [1.807, 2.05) is 45.0 Å². The van der Waals surface area contributed by atoms with Gasteiger partial charge in [0, 0.05) is 13.2 Å². The molecule has 1 aromatic carbocycles. The maximum absolute atomic E-state index is 11.8. The number of hydrogen-bond donors (Lipinski definition) is 2. The molecule has 0 unspecified atom stereocenters. The predicted molar refractivity (Wildman–Crippen MR) is 95.0 cm³/mol. The number of benzene rings is 1. The van der Waals surface area contributed by atoms with Crippen molar-refractivity contribution in [3.8, 4) is 5.75 Å². The highest BCUT2D eigenvalue weighted by molar-refractivity contribution is 5.85. The number of hydrogen-bond acceptors (Lipinski definition) is 4. The summed E-state index contributed by atoms with van der Waals surface area (Å²) in [5, 5.41) is 2.84. The van der Waals surface area contributed by atoms with Crippen LogP contribution in [-0.4, -0.2) is 32.2 Å². The lowest BCUT2D eigenvalue weighted by molar-refractivity contribution is -0.124. The van der Waals surface area contributed by atoms with Crippen molar-refractivity contribution in [3.63, 3.8) is 0 Å². The minimum absolute atomic E-state index is 0. The van der Waals surface area contributed by atoms with Crippen LogP contribution >= 0.6 is 12.4 Å². The van der Waals surface area contributed by atoms with Crippen molar-refractivity contribution in [2.45, 2.75) is 39.8 Å². The summed E-state index contributed by atoms with van der Waals surface area (Å²) >= 11 is 0. The third-order valence-corrected chi connectivity index (χ3v) is 3.41. The summed E-state index contributed by atoms with van der Waals surface area (Å²) in [5.74, 6) is 0.726. The van der Waals surface area contributed by atoms with Crippen LogP contribution in [0.15, 0.2) is 24.3 Å². The molecule has 0 aliphatic rings. The first-order valence-corrected chi connectivity index (χ1v) is 7.58. The Hall–Kier alpha value is -1.30. The Kier molecular flexibility index (Phi) is 9.88. The first-order chi connectivity index (χ1) is 10.3. The molecule has 0 saturated carbocycles. The molecule has 0 bridgehead atoms. The highest BCUT2D eigenvalue weighted by Crippen LogP contribution is 2.17. The van der Waals surface area contributed by atoms with Gasteiger partial charge in [-0.05, 0) is 29.5 Å². The number of nitrogens with one attached hydrogen (secondary N) is 1. The van der Waals surface area contributed by atoms with Crippen LogP contribution in [0, 0.1) is 5.41 Å². The van der Waals surface area contributed by atoms with Gasteiger partial charge in [0.15, 0.2) is 0 Å². The smallest absolute Gasteiger partial charge is 0.237 e. The Morgan fingerprint density at radius 2 is 1.87 bits per heavy atom. The topological polar surface area (TPSA) is 73.6 Å². The first-order valence-electron chi connectivity index (χ1n) is 7.58. The van der Waals surface area contributed by atoms with Gasteiger partial charge >= 0.3 is 0 Å². The Morgan fingerprint density at radius 3 is 2.39 bits per heavy atom. The number of ether oxygens (including phenoxy) is 2. The molecule has 0 saturated heterocycles. The molecule has 0 radical (unpaired) electrons. The van der Waals surface area contributed by atoms with E-state index in [1.165, 1.54) is 0 Å². The molecule has 1 atom stereocenters. The molecule has 132 valence electrons. The summed E-state index contributed by atoms with van der Waals surface area (Å²) in [5.41, 5.74) is 6.75. The number of amides is 1. The molecule has 0 spiro atoms. The molecule has 0 aliphatic heterocycles. The fraction of sp³-hybridized carbons (Fsp3) is 0.588. The predicted octanol–water partition coefficient (Wildman–Crippen LogP) is 2.51. The van der Waals surface area contributed by atoms with Crippen molar-refractivity contribution in [2.24, 2.45) is 11.1 Å². The van der Waals surface area contributed by atoms with Gasteiger partial charge in [0.05, 0.1) is 19.8 Å². The minimum atomic E-state index is -0.493. The van der Waals surface area contributed by atoms with Gasteiger partial charge in [-0.1, -0.05) is 32.9 Å². The highest BCUT2D eigenvalue weighted by atomic mass is 35.5. The number of carbonyl (C=O) groups is 1. The zero-order valence-electron chi connectivity index (χ0n) is 14.4. The largest absolute Gasteiger partial charge is 0.497 e. The summed E-state index contributed by atoms with van der Waals surface area (Å²) in [7, 11) is 1.64. The number of halogens is 1. The lowest BCUT2D eigenvalue weighted by Gasteiger charge is -2.25. The van der Waals surface area contributed by atoms with Crippen LogP contribution in [0.4, 0.5) is 0 Å². The SMILES string of the molecule is COc1ccc(COCCCNC(=O)[C@@H](N)C(C)(C)C)cc1.Cl. The molecule has 1 amide bonds. The number of nitrogens with two attached hydrogens (primary N) is 1. The van der Waals surface area contributed by atoms with Crippen LogP contribution < -0.4 is 15.8 Å². The molecule has 5 nitrogen and oxygen atoms in total. The van der Waals surface area contributed by atoms with E-state index in [1.54, 1.807) is 7.11 Å². The zero-order chi connectivity index (χ0) is 16.6. The Bertz CT molecular complexity index is 458. The third-order valence-electron chi connectivity index (χ3n) is 3.41. The summed E-state index contributed by atoms with van der Waals surface area (Å²) in [6.07, 6.45) is 0.763. The summed E-state index contributed by atoms with van der Waals surface area (Å²) in [6.45, 7) is 7.58. The second kappa shape index (κ2) is 10.5. The van der Waals surface area contributed by atoms with Gasteiger partial charge in [-0.2, -0.15) is 0 Å². The quantitative estimate of drug-likeness (QED) is 0.711. The number of methoxy groups -OCH3 is 1. The van der Waals surface area contributed by atoms with Crippen LogP contribution in [0.3, 0.4) is 0 Å². The van der Waals surface area contributed by atoms with Crippen molar-refractivity contribution in [1.29, 1.82) is 0 Å². The van der Waals surface area contributed by atoms with E-state index in [2.05, 4.69) is 5.32 Å². The lowest BCUT2D eigenvalue weighted by atomic mass is 9.87. The second-order valence-corrected chi connectivity index (χ2v) is 6.39. The molecular formula is C17H29ClN2O3. The normalized spacial score (nSPS) is 12.2. The maximum Gasteiger partial charge on any atom is 0.237 e. The Labute approximate surface area is 145 Å². The van der Waals surface area contributed by atoms with Crippen LogP contribution in [-0.2, 0) is 16.1 Å². The van der Waals surface area contributed by atoms with E-state index in [4.69, 9.17) is 15.2 Å². The van der Waals surface area contributed by atoms with E-state index in [9.17, 15) is 4.79 Å². The molecular weight excluding hydrogens is 316 g/mol. The lowest BCUT2D eigenvalue weighted by Crippen LogP contribution is -2.48. The molecule has 23 heavy (non-hydrogen) atoms. The molecule has 0 aliphatic carbocycles. The third kappa shape index (κ3) is 8.21. The van der Waals surface area contributed by atoms with Crippen LogP contribution in [0.5, 0.6) is 5.75 Å². The molecule has 1 aromatic rings. The van der Waals surface area contributed by atoms with E-state index >= 15 is 0 Å². The van der Waals surface area contributed by atoms with E-state index in [-0.39, 0.29) is 23.7 Å². The van der Waals surface area contributed by atoms with Gasteiger partial charge in [0.2, 0.25) is 5.91 Å². The average molecular weight is 345 g/mol. The fourth-order valence-electron chi connectivity index (χ4n) is 1.80. The molecule has 6 heteroatoms. The zero-order valence-corrected chi connectivity index (χ0v) is 15.2. The highest BCUT2D eigenvalue weighted by Gasteiger charge is 2.26. The van der Waals surface area contributed by atoms with E-state index in [0.29, 0.717) is 19.8 Å². The average Bonchev–Trinajstić information content (AvgIpc) is 2.49. The van der Waals surface area contributed by atoms with Crippen LogP contribution in [0.1, 0.15) is 32.8 Å². The van der Waals surface area contributed by atoms with Crippen molar-refractivity contribution >= 4 is 18.3 Å². The molecule has 0 heterocycles. The monoisotopic (exact) mass is 344 g/mol. The van der Waals surface area contributed by atoms with Gasteiger partial charge in [-0.25, -0.2) is 0 Å². The second-order valence-electron chi connectivity index (χ2n) is 6.39. The van der Waals surface area contributed by atoms with Gasteiger partial charge < -0.3 is 20.5 Å². The minimum Gasteiger partial charge on any atom is -0.497 e. The standard InChI is InChI=1S/C17H28N2O3.ClH/c1-17(2,3)15(18)16(20)19-10-5-11-22-12-13-6-8-14(21-4)9-7-13;/h6-9,15H,5,10-12,18H2,1-4H3,(H,19,20);1H/t15-;/m1./s1. The van der Waals surface area contributed by atoms with Gasteiger partial charge in [0.1, 0.15) is 5.75 Å². The van der Waals surface area contributed by atoms with Crippen molar-refractivity contribution in [2.75, 3.05) is 20.3 Å². The summed E-state index contributed by atoms with van der Waals surface area (Å²) < 4.78 is 10.7. The Morgan fingerprint density at radius 1 is 1.26 bits per heavy atom. The fourth-order valence-corrected chi connectivity index (χ4v) is 1.80. The van der Waals surface area contributed by atoms with Crippen LogP contribution in [0.2, 0.25) is 0 Å². The van der Waals surface area contributed by atoms with E-state index in [0.717, 1.165) is 17.7 Å². The maximum atomic E-state index is 11.8. The number of rotatable bonds is 8. The molecule has 0 aromatic heterocycles. The van der Waals surface area contributed by atoms with E-state index < -0.39 is 6.04 Å². The van der Waals surface area contributed by atoms with Crippen molar-refractivity contribution < 1.29 is 14.3 Å². The van der Waals surface area contributed by atoms with Crippen molar-refractivity contribution in [3.05, 3.63) is 29.8 Å². The molecule has 3 N–H and O–H groups in total. The molecule has 1 rings (SSSR count).